The van der Waals surface area contributed by atoms with Crippen molar-refractivity contribution in [1.82, 2.24) is 0 Å². The van der Waals surface area contributed by atoms with Crippen LogP contribution in [0.3, 0.4) is 0 Å². The van der Waals surface area contributed by atoms with Crippen molar-refractivity contribution in [2.45, 2.75) is 33.6 Å². The predicted molar refractivity (Wildman–Crippen MR) is 43.1 cm³/mol. The molecule has 11 heavy (non-hydrogen) atoms. The van der Waals surface area contributed by atoms with E-state index in [9.17, 15) is 4.79 Å². The zero-order chi connectivity index (χ0) is 8.70. The van der Waals surface area contributed by atoms with Crippen molar-refractivity contribution in [2.24, 2.45) is 10.8 Å². The molecule has 1 aliphatic carbocycles. The lowest BCUT2D eigenvalue weighted by atomic mass is 9.52. The second-order valence-corrected chi connectivity index (χ2v) is 4.21. The maximum absolute atomic E-state index is 11.3. The summed E-state index contributed by atoms with van der Waals surface area (Å²) in [5, 5.41) is 0. The first kappa shape index (κ1) is 8.57. The van der Waals surface area contributed by atoms with E-state index < -0.39 is 0 Å². The number of ether oxygens (including phenoxy) is 1. The van der Waals surface area contributed by atoms with Crippen molar-refractivity contribution in [3.05, 3.63) is 0 Å². The van der Waals surface area contributed by atoms with Crippen LogP contribution in [-0.4, -0.2) is 13.1 Å². The summed E-state index contributed by atoms with van der Waals surface area (Å²) in [4.78, 5) is 11.3. The average Bonchev–Trinajstić information content (AvgIpc) is 1.99. The fourth-order valence-corrected chi connectivity index (χ4v) is 1.60. The van der Waals surface area contributed by atoms with E-state index >= 15 is 0 Å². The van der Waals surface area contributed by atoms with Gasteiger partial charge >= 0.3 is 5.97 Å². The van der Waals surface area contributed by atoms with E-state index in [1.54, 1.807) is 0 Å². The van der Waals surface area contributed by atoms with Gasteiger partial charge in [0.05, 0.1) is 12.5 Å². The Labute approximate surface area is 67.9 Å². The molecule has 0 aliphatic heterocycles. The number of methoxy groups -OCH3 is 1. The second-order valence-electron chi connectivity index (χ2n) is 4.21. The minimum Gasteiger partial charge on any atom is -0.469 e. The van der Waals surface area contributed by atoms with Gasteiger partial charge in [0, 0.05) is 0 Å². The van der Waals surface area contributed by atoms with E-state index in [2.05, 4.69) is 13.8 Å². The van der Waals surface area contributed by atoms with E-state index in [1.165, 1.54) is 7.11 Å². The Morgan fingerprint density at radius 3 is 1.91 bits per heavy atom. The van der Waals surface area contributed by atoms with Crippen LogP contribution in [0.2, 0.25) is 0 Å². The molecule has 1 unspecified atom stereocenters. The van der Waals surface area contributed by atoms with Crippen molar-refractivity contribution in [2.75, 3.05) is 7.11 Å². The van der Waals surface area contributed by atoms with Crippen LogP contribution in [0.1, 0.15) is 33.6 Å². The van der Waals surface area contributed by atoms with Gasteiger partial charge in [-0.3, -0.25) is 4.79 Å². The highest BCUT2D eigenvalue weighted by atomic mass is 16.5. The van der Waals surface area contributed by atoms with Gasteiger partial charge in [-0.25, -0.2) is 0 Å². The lowest BCUT2D eigenvalue weighted by Crippen LogP contribution is -2.51. The monoisotopic (exact) mass is 156 g/mol. The van der Waals surface area contributed by atoms with Crippen LogP contribution in [0.25, 0.3) is 0 Å². The quantitative estimate of drug-likeness (QED) is 0.543. The van der Waals surface area contributed by atoms with Crippen molar-refractivity contribution in [3.8, 4) is 0 Å². The number of esters is 1. The van der Waals surface area contributed by atoms with Crippen LogP contribution in [0.15, 0.2) is 0 Å². The molecule has 1 rings (SSSR count). The van der Waals surface area contributed by atoms with Gasteiger partial charge in [0.2, 0.25) is 0 Å². The SMILES string of the molecule is COC(=O)C1(C)CCC1(C)C. The molecule has 2 heteroatoms. The van der Waals surface area contributed by atoms with Crippen molar-refractivity contribution >= 4 is 5.97 Å². The molecule has 2 nitrogen and oxygen atoms in total. The predicted octanol–water partition coefficient (Wildman–Crippen LogP) is 1.99. The van der Waals surface area contributed by atoms with Crippen LogP contribution < -0.4 is 0 Å². The Bertz CT molecular complexity index is 184. The smallest absolute Gasteiger partial charge is 0.312 e. The molecule has 0 saturated heterocycles. The summed E-state index contributed by atoms with van der Waals surface area (Å²) in [6.07, 6.45) is 2.09. The summed E-state index contributed by atoms with van der Waals surface area (Å²) in [6.45, 7) is 6.23. The second kappa shape index (κ2) is 2.23. The Morgan fingerprint density at radius 2 is 1.82 bits per heavy atom. The third-order valence-electron chi connectivity index (χ3n) is 3.38. The Hall–Kier alpha value is -0.530. The van der Waals surface area contributed by atoms with E-state index in [1.807, 2.05) is 6.92 Å². The summed E-state index contributed by atoms with van der Waals surface area (Å²) in [5.74, 6) is -0.0613. The molecule has 0 radical (unpaired) electrons. The molecule has 1 saturated carbocycles. The number of rotatable bonds is 1. The van der Waals surface area contributed by atoms with Crippen molar-refractivity contribution < 1.29 is 9.53 Å². The molecule has 64 valence electrons. The Morgan fingerprint density at radius 1 is 1.27 bits per heavy atom. The number of hydrogen-bond donors (Lipinski definition) is 0. The van der Waals surface area contributed by atoms with Gasteiger partial charge in [-0.1, -0.05) is 13.8 Å². The normalized spacial score (nSPS) is 34.2. The first-order valence-electron chi connectivity index (χ1n) is 4.02. The molecule has 0 heterocycles. The molecule has 0 aromatic carbocycles. The topological polar surface area (TPSA) is 26.3 Å². The maximum atomic E-state index is 11.3. The lowest BCUT2D eigenvalue weighted by Gasteiger charge is -2.51. The largest absolute Gasteiger partial charge is 0.469 e. The third-order valence-corrected chi connectivity index (χ3v) is 3.38. The minimum atomic E-state index is -0.234. The fourth-order valence-electron chi connectivity index (χ4n) is 1.60. The summed E-state index contributed by atoms with van der Waals surface area (Å²) < 4.78 is 4.75. The molecule has 1 fully saturated rings. The Balaban J connectivity index is 2.77. The summed E-state index contributed by atoms with van der Waals surface area (Å²) in [6, 6.07) is 0. The molecule has 0 bridgehead atoms. The molecule has 1 atom stereocenters. The molecular weight excluding hydrogens is 140 g/mol. The third kappa shape index (κ3) is 0.959. The lowest BCUT2D eigenvalue weighted by molar-refractivity contribution is -0.171. The Kier molecular flexibility index (Phi) is 1.73. The maximum Gasteiger partial charge on any atom is 0.312 e. The average molecular weight is 156 g/mol. The highest BCUT2D eigenvalue weighted by Crippen LogP contribution is 2.56. The van der Waals surface area contributed by atoms with E-state index in [-0.39, 0.29) is 16.8 Å². The van der Waals surface area contributed by atoms with Gasteiger partial charge in [-0.2, -0.15) is 0 Å². The van der Waals surface area contributed by atoms with Gasteiger partial charge in [0.1, 0.15) is 0 Å². The van der Waals surface area contributed by atoms with Gasteiger partial charge in [0.25, 0.3) is 0 Å². The first-order chi connectivity index (χ1) is 4.94. The van der Waals surface area contributed by atoms with Gasteiger partial charge in [-0.05, 0) is 25.2 Å². The summed E-state index contributed by atoms with van der Waals surface area (Å²) in [7, 11) is 1.46. The molecular formula is C9H16O2. The summed E-state index contributed by atoms with van der Waals surface area (Å²) >= 11 is 0. The number of carbonyl (C=O) groups excluding carboxylic acids is 1. The van der Waals surface area contributed by atoms with Crippen molar-refractivity contribution in [3.63, 3.8) is 0 Å². The van der Waals surface area contributed by atoms with Gasteiger partial charge < -0.3 is 4.74 Å². The van der Waals surface area contributed by atoms with E-state index in [4.69, 9.17) is 4.74 Å². The first-order valence-corrected chi connectivity index (χ1v) is 4.02. The molecule has 0 amide bonds. The van der Waals surface area contributed by atoms with Crippen LogP contribution in [0.4, 0.5) is 0 Å². The highest BCUT2D eigenvalue weighted by molar-refractivity contribution is 5.78. The number of carbonyl (C=O) groups is 1. The molecule has 0 aromatic heterocycles. The molecule has 0 spiro atoms. The molecule has 0 aromatic rings. The summed E-state index contributed by atoms with van der Waals surface area (Å²) in [5.41, 5.74) is -0.109. The van der Waals surface area contributed by atoms with Crippen LogP contribution in [0, 0.1) is 10.8 Å². The van der Waals surface area contributed by atoms with Crippen LogP contribution >= 0.6 is 0 Å². The van der Waals surface area contributed by atoms with Gasteiger partial charge in [0.15, 0.2) is 0 Å². The number of hydrogen-bond acceptors (Lipinski definition) is 2. The van der Waals surface area contributed by atoms with Crippen molar-refractivity contribution in [1.29, 1.82) is 0 Å². The molecule has 1 aliphatic rings. The van der Waals surface area contributed by atoms with E-state index in [0.717, 1.165) is 12.8 Å². The fraction of sp³-hybridized carbons (Fsp3) is 0.889. The zero-order valence-corrected chi connectivity index (χ0v) is 7.73. The van der Waals surface area contributed by atoms with Crippen LogP contribution in [-0.2, 0) is 9.53 Å². The van der Waals surface area contributed by atoms with Crippen LogP contribution in [0.5, 0.6) is 0 Å². The highest BCUT2D eigenvalue weighted by Gasteiger charge is 2.55. The zero-order valence-electron chi connectivity index (χ0n) is 7.73. The van der Waals surface area contributed by atoms with E-state index in [0.29, 0.717) is 0 Å². The standard InChI is InChI=1S/C9H16O2/c1-8(2)5-6-9(8,3)7(10)11-4/h5-6H2,1-4H3. The molecule has 0 N–H and O–H groups in total. The minimum absolute atomic E-state index is 0.0613. The van der Waals surface area contributed by atoms with Gasteiger partial charge in [-0.15, -0.1) is 0 Å².